The molecular weight excluding hydrogens is 306 g/mol. The van der Waals surface area contributed by atoms with Crippen molar-refractivity contribution in [2.45, 2.75) is 26.5 Å². The number of aromatic amines is 1. The largest absolute Gasteiger partial charge is 0.370 e. The lowest BCUT2D eigenvalue weighted by Crippen LogP contribution is -2.48. The Morgan fingerprint density at radius 1 is 1.50 bits per heavy atom. The highest BCUT2D eigenvalue weighted by molar-refractivity contribution is 5.80. The Morgan fingerprint density at radius 3 is 3.04 bits per heavy atom. The molecule has 1 aliphatic rings. The van der Waals surface area contributed by atoms with Crippen LogP contribution in [0, 0.1) is 6.92 Å². The van der Waals surface area contributed by atoms with Crippen molar-refractivity contribution in [3.8, 4) is 0 Å². The van der Waals surface area contributed by atoms with Gasteiger partial charge in [-0.1, -0.05) is 0 Å². The van der Waals surface area contributed by atoms with Gasteiger partial charge in [-0.25, -0.2) is 4.99 Å². The summed E-state index contributed by atoms with van der Waals surface area (Å²) in [7, 11) is 1.92. The number of morpholine rings is 1. The molecule has 2 N–H and O–H groups in total. The van der Waals surface area contributed by atoms with E-state index in [-0.39, 0.29) is 6.10 Å². The van der Waals surface area contributed by atoms with Crippen molar-refractivity contribution in [1.29, 1.82) is 0 Å². The van der Waals surface area contributed by atoms with E-state index in [9.17, 15) is 0 Å². The monoisotopic (exact) mass is 331 g/mol. The highest BCUT2D eigenvalue weighted by Gasteiger charge is 2.25. The molecule has 1 fully saturated rings. The quantitative estimate of drug-likeness (QED) is 0.645. The molecule has 3 heterocycles. The summed E-state index contributed by atoms with van der Waals surface area (Å²) in [5, 5.41) is 14.6. The second-order valence-corrected chi connectivity index (χ2v) is 5.94. The minimum atomic E-state index is 0.0203. The van der Waals surface area contributed by atoms with E-state index in [0.29, 0.717) is 13.2 Å². The number of nitrogens with one attached hydrogen (secondary N) is 2. The number of H-pyrrole nitrogens is 1. The Hall–Kier alpha value is -2.35. The first-order valence-corrected chi connectivity index (χ1v) is 8.29. The topological polar surface area (TPSA) is 83.4 Å². The predicted molar refractivity (Wildman–Crippen MR) is 91.6 cm³/mol. The molecule has 2 aromatic heterocycles. The SMILES string of the molecule is CCNC(=NCc1cn[nH]c1C)N1CCOC(c2cnn(C)c2)C1. The standard InChI is InChI=1S/C16H25N7O/c1-4-17-16(18-7-13-8-19-21-12(13)2)23-5-6-24-15(11-23)14-9-20-22(3)10-14/h8-10,15H,4-7,11H2,1-3H3,(H,17,18)(H,19,21). The van der Waals surface area contributed by atoms with Crippen molar-refractivity contribution >= 4 is 5.96 Å². The maximum atomic E-state index is 5.91. The van der Waals surface area contributed by atoms with Gasteiger partial charge >= 0.3 is 0 Å². The van der Waals surface area contributed by atoms with E-state index >= 15 is 0 Å². The van der Waals surface area contributed by atoms with Crippen LogP contribution < -0.4 is 5.32 Å². The molecule has 2 aromatic rings. The Balaban J connectivity index is 1.71. The second kappa shape index (κ2) is 7.48. The summed E-state index contributed by atoms with van der Waals surface area (Å²) >= 11 is 0. The fourth-order valence-corrected chi connectivity index (χ4v) is 2.77. The molecule has 0 aliphatic carbocycles. The fraction of sp³-hybridized carbons (Fsp3) is 0.562. The molecule has 1 unspecified atom stereocenters. The molecule has 1 atom stereocenters. The highest BCUT2D eigenvalue weighted by atomic mass is 16.5. The number of ether oxygens (including phenoxy) is 1. The first-order valence-electron chi connectivity index (χ1n) is 8.29. The Labute approximate surface area is 141 Å². The average Bonchev–Trinajstić information content (AvgIpc) is 3.20. The Kier molecular flexibility index (Phi) is 5.14. The lowest BCUT2D eigenvalue weighted by atomic mass is 10.1. The predicted octanol–water partition coefficient (Wildman–Crippen LogP) is 0.991. The van der Waals surface area contributed by atoms with Gasteiger partial charge in [0.1, 0.15) is 6.10 Å². The van der Waals surface area contributed by atoms with Crippen LogP contribution in [0.5, 0.6) is 0 Å². The van der Waals surface area contributed by atoms with E-state index in [2.05, 4.69) is 32.4 Å². The van der Waals surface area contributed by atoms with Gasteiger partial charge in [0.2, 0.25) is 0 Å². The molecule has 8 heteroatoms. The third-order valence-corrected chi connectivity index (χ3v) is 4.13. The van der Waals surface area contributed by atoms with Crippen molar-refractivity contribution in [3.63, 3.8) is 0 Å². The van der Waals surface area contributed by atoms with Crippen LogP contribution in [0.1, 0.15) is 29.8 Å². The number of nitrogens with zero attached hydrogens (tertiary/aromatic N) is 5. The zero-order valence-electron chi connectivity index (χ0n) is 14.5. The maximum absolute atomic E-state index is 5.91. The summed E-state index contributed by atoms with van der Waals surface area (Å²) in [5.74, 6) is 0.912. The molecule has 0 aromatic carbocycles. The van der Waals surface area contributed by atoms with Crippen LogP contribution in [0.2, 0.25) is 0 Å². The van der Waals surface area contributed by atoms with Gasteiger partial charge in [0.25, 0.3) is 0 Å². The molecule has 1 aliphatic heterocycles. The number of aryl methyl sites for hydroxylation is 2. The van der Waals surface area contributed by atoms with Gasteiger partial charge in [-0.05, 0) is 13.8 Å². The summed E-state index contributed by atoms with van der Waals surface area (Å²) in [6, 6.07) is 0. The minimum absolute atomic E-state index is 0.0203. The molecule has 130 valence electrons. The van der Waals surface area contributed by atoms with Crippen LogP contribution in [0.15, 0.2) is 23.6 Å². The summed E-state index contributed by atoms with van der Waals surface area (Å²) < 4.78 is 7.72. The van der Waals surface area contributed by atoms with E-state index in [0.717, 1.165) is 42.4 Å². The molecule has 24 heavy (non-hydrogen) atoms. The van der Waals surface area contributed by atoms with Crippen molar-refractivity contribution < 1.29 is 4.74 Å². The lowest BCUT2D eigenvalue weighted by molar-refractivity contribution is -0.00805. The van der Waals surface area contributed by atoms with Crippen molar-refractivity contribution in [2.75, 3.05) is 26.2 Å². The number of aromatic nitrogens is 4. The molecule has 1 saturated heterocycles. The zero-order valence-corrected chi connectivity index (χ0v) is 14.5. The summed E-state index contributed by atoms with van der Waals surface area (Å²) in [6.07, 6.45) is 5.73. The van der Waals surface area contributed by atoms with Gasteiger partial charge in [-0.15, -0.1) is 0 Å². The van der Waals surface area contributed by atoms with Gasteiger partial charge in [0.15, 0.2) is 5.96 Å². The molecule has 0 spiro atoms. The first kappa shape index (κ1) is 16.5. The van der Waals surface area contributed by atoms with E-state index in [1.165, 1.54) is 0 Å². The van der Waals surface area contributed by atoms with Crippen molar-refractivity contribution in [1.82, 2.24) is 30.2 Å². The summed E-state index contributed by atoms with van der Waals surface area (Å²) in [6.45, 7) is 7.80. The second-order valence-electron chi connectivity index (χ2n) is 5.94. The van der Waals surface area contributed by atoms with E-state index < -0.39 is 0 Å². The Morgan fingerprint density at radius 2 is 2.38 bits per heavy atom. The lowest BCUT2D eigenvalue weighted by Gasteiger charge is -2.34. The van der Waals surface area contributed by atoms with E-state index in [4.69, 9.17) is 9.73 Å². The van der Waals surface area contributed by atoms with Crippen molar-refractivity contribution in [2.24, 2.45) is 12.0 Å². The van der Waals surface area contributed by atoms with E-state index in [1.54, 1.807) is 4.68 Å². The van der Waals surface area contributed by atoms with Crippen LogP contribution >= 0.6 is 0 Å². The van der Waals surface area contributed by atoms with Crippen molar-refractivity contribution in [3.05, 3.63) is 35.4 Å². The van der Waals surface area contributed by atoms with Gasteiger partial charge in [0.05, 0.1) is 32.1 Å². The summed E-state index contributed by atoms with van der Waals surface area (Å²) in [4.78, 5) is 7.02. The van der Waals surface area contributed by atoms with Crippen LogP contribution in [0.25, 0.3) is 0 Å². The third kappa shape index (κ3) is 3.76. The molecular formula is C16H25N7O. The molecule has 8 nitrogen and oxygen atoms in total. The molecule has 0 radical (unpaired) electrons. The first-order chi connectivity index (χ1) is 11.7. The molecule has 0 amide bonds. The minimum Gasteiger partial charge on any atom is -0.370 e. The van der Waals surface area contributed by atoms with Gasteiger partial charge < -0.3 is 15.0 Å². The zero-order chi connectivity index (χ0) is 16.9. The normalized spacial score (nSPS) is 18.9. The third-order valence-electron chi connectivity index (χ3n) is 4.13. The molecule has 0 bridgehead atoms. The summed E-state index contributed by atoms with van der Waals surface area (Å²) in [5.41, 5.74) is 3.27. The number of aliphatic imine (C=N–C) groups is 1. The Bertz CT molecular complexity index is 690. The molecule has 0 saturated carbocycles. The smallest absolute Gasteiger partial charge is 0.194 e. The van der Waals surface area contributed by atoms with Gasteiger partial charge in [-0.3, -0.25) is 9.78 Å². The van der Waals surface area contributed by atoms with Crippen LogP contribution in [-0.4, -0.2) is 57.1 Å². The number of hydrogen-bond donors (Lipinski definition) is 2. The number of guanidine groups is 1. The highest BCUT2D eigenvalue weighted by Crippen LogP contribution is 2.21. The van der Waals surface area contributed by atoms with Gasteiger partial charge in [0, 0.05) is 43.2 Å². The maximum Gasteiger partial charge on any atom is 0.194 e. The fourth-order valence-electron chi connectivity index (χ4n) is 2.77. The van der Waals surface area contributed by atoms with Crippen LogP contribution in [0.4, 0.5) is 0 Å². The van der Waals surface area contributed by atoms with E-state index in [1.807, 2.05) is 32.6 Å². The number of rotatable bonds is 4. The molecule has 3 rings (SSSR count). The van der Waals surface area contributed by atoms with Crippen LogP contribution in [-0.2, 0) is 18.3 Å². The van der Waals surface area contributed by atoms with Gasteiger partial charge in [-0.2, -0.15) is 10.2 Å². The number of hydrogen-bond acceptors (Lipinski definition) is 4. The van der Waals surface area contributed by atoms with Crippen LogP contribution in [0.3, 0.4) is 0 Å². The average molecular weight is 331 g/mol.